The third-order valence-electron chi connectivity index (χ3n) is 7.33. The largest absolute Gasteiger partial charge is 0.397 e. The summed E-state index contributed by atoms with van der Waals surface area (Å²) in [6, 6.07) is 20.9. The second-order valence-corrected chi connectivity index (χ2v) is 9.95. The summed E-state index contributed by atoms with van der Waals surface area (Å²) < 4.78 is 1.71. The maximum absolute atomic E-state index is 13.2. The Bertz CT molecular complexity index is 1490. The first-order valence-corrected chi connectivity index (χ1v) is 12.9. The highest BCUT2D eigenvalue weighted by Crippen LogP contribution is 2.30. The van der Waals surface area contributed by atoms with Crippen LogP contribution < -0.4 is 21.9 Å². The quantitative estimate of drug-likeness (QED) is 0.206. The van der Waals surface area contributed by atoms with Crippen LogP contribution in [0.25, 0.3) is 16.9 Å². The minimum absolute atomic E-state index is 0.00170. The van der Waals surface area contributed by atoms with Gasteiger partial charge in [0.15, 0.2) is 5.65 Å². The van der Waals surface area contributed by atoms with E-state index in [1.807, 2.05) is 71.6 Å². The molecule has 2 fully saturated rings. The van der Waals surface area contributed by atoms with Crippen molar-refractivity contribution in [3.05, 3.63) is 72.3 Å². The van der Waals surface area contributed by atoms with Crippen molar-refractivity contribution in [2.45, 2.75) is 31.7 Å². The molecule has 3 heterocycles. The molecule has 0 bridgehead atoms. The number of carbonyl (C=O) groups is 2. The molecule has 2 amide bonds. The molecule has 0 radical (unpaired) electrons. The number of aromatic nitrogens is 3. The van der Waals surface area contributed by atoms with E-state index in [9.17, 15) is 9.59 Å². The molecule has 0 spiro atoms. The fraction of sp³-hybridized carbons (Fsp3) is 0.286. The van der Waals surface area contributed by atoms with Crippen LogP contribution in [0.15, 0.2) is 66.7 Å². The number of carbonyl (C=O) groups excluding carboxylic acids is 2. The fourth-order valence-electron chi connectivity index (χ4n) is 4.97. The summed E-state index contributed by atoms with van der Waals surface area (Å²) in [7, 11) is 0. The van der Waals surface area contributed by atoms with Crippen LogP contribution in [0.3, 0.4) is 0 Å². The van der Waals surface area contributed by atoms with Crippen LogP contribution in [-0.4, -0.2) is 50.4 Å². The molecule has 1 saturated heterocycles. The van der Waals surface area contributed by atoms with Crippen LogP contribution in [-0.2, 0) is 4.79 Å². The van der Waals surface area contributed by atoms with Crippen LogP contribution in [0.5, 0.6) is 0 Å². The lowest BCUT2D eigenvalue weighted by Gasteiger charge is -2.37. The molecule has 10 heteroatoms. The number of nitrogens with two attached hydrogens (primary N) is 2. The molecule has 1 aliphatic heterocycles. The fourth-order valence-corrected chi connectivity index (χ4v) is 4.97. The average molecular weight is 511 g/mol. The van der Waals surface area contributed by atoms with E-state index in [0.29, 0.717) is 35.9 Å². The van der Waals surface area contributed by atoms with Crippen LogP contribution in [0.2, 0.25) is 0 Å². The van der Waals surface area contributed by atoms with E-state index in [4.69, 9.17) is 11.6 Å². The smallest absolute Gasteiger partial charge is 0.253 e. The molecular formula is C28H30N8O2. The van der Waals surface area contributed by atoms with E-state index in [1.54, 1.807) is 9.52 Å². The van der Waals surface area contributed by atoms with Gasteiger partial charge in [0.25, 0.3) is 5.91 Å². The number of amides is 2. The summed E-state index contributed by atoms with van der Waals surface area (Å²) in [5.41, 5.74) is 10.5. The summed E-state index contributed by atoms with van der Waals surface area (Å²) in [5, 5.41) is 9.04. The van der Waals surface area contributed by atoms with E-state index in [-0.39, 0.29) is 23.8 Å². The van der Waals surface area contributed by atoms with Gasteiger partial charge in [0.2, 0.25) is 11.9 Å². The van der Waals surface area contributed by atoms with E-state index in [0.717, 1.165) is 42.6 Å². The summed E-state index contributed by atoms with van der Waals surface area (Å²) in [4.78, 5) is 31.7. The number of para-hydroxylation sites is 2. The maximum Gasteiger partial charge on any atom is 0.253 e. The van der Waals surface area contributed by atoms with E-state index in [2.05, 4.69) is 15.4 Å². The minimum atomic E-state index is -0.0299. The molecule has 0 atom stereocenters. The molecule has 5 N–H and O–H groups in total. The number of benzene rings is 2. The number of pyridine rings is 1. The second kappa shape index (κ2) is 9.79. The predicted molar refractivity (Wildman–Crippen MR) is 146 cm³/mol. The molecular weight excluding hydrogens is 480 g/mol. The third kappa shape index (κ3) is 4.66. The number of nitrogen functional groups attached to an aromatic ring is 1. The van der Waals surface area contributed by atoms with Gasteiger partial charge in [0.1, 0.15) is 0 Å². The summed E-state index contributed by atoms with van der Waals surface area (Å²) in [6.45, 7) is 1.25. The summed E-state index contributed by atoms with van der Waals surface area (Å²) in [5.74, 6) is 6.72. The zero-order chi connectivity index (χ0) is 26.2. The third-order valence-corrected chi connectivity index (χ3v) is 7.33. The lowest BCUT2D eigenvalue weighted by Crippen LogP contribution is -2.49. The van der Waals surface area contributed by atoms with Gasteiger partial charge in [-0.15, -0.1) is 5.10 Å². The first-order chi connectivity index (χ1) is 18.5. The van der Waals surface area contributed by atoms with Crippen molar-refractivity contribution in [3.8, 4) is 11.3 Å². The van der Waals surface area contributed by atoms with Crippen LogP contribution in [0, 0.1) is 5.92 Å². The predicted octanol–water partition coefficient (Wildman–Crippen LogP) is 3.31. The first kappa shape index (κ1) is 23.9. The van der Waals surface area contributed by atoms with Gasteiger partial charge in [-0.05, 0) is 62.1 Å². The van der Waals surface area contributed by atoms with Crippen molar-refractivity contribution in [2.24, 2.45) is 11.8 Å². The summed E-state index contributed by atoms with van der Waals surface area (Å²) >= 11 is 0. The molecule has 38 heavy (non-hydrogen) atoms. The number of rotatable bonds is 6. The highest BCUT2D eigenvalue weighted by atomic mass is 16.2. The van der Waals surface area contributed by atoms with Gasteiger partial charge >= 0.3 is 0 Å². The number of fused-ring (bicyclic) bond motifs is 1. The van der Waals surface area contributed by atoms with Crippen LogP contribution in [0.4, 0.5) is 17.3 Å². The zero-order valence-corrected chi connectivity index (χ0v) is 21.0. The van der Waals surface area contributed by atoms with Gasteiger partial charge in [0, 0.05) is 36.2 Å². The Morgan fingerprint density at radius 2 is 1.66 bits per heavy atom. The Labute approximate surface area is 220 Å². The van der Waals surface area contributed by atoms with Crippen molar-refractivity contribution in [1.82, 2.24) is 19.5 Å². The Hall–Kier alpha value is -4.44. The van der Waals surface area contributed by atoms with Gasteiger partial charge in [-0.1, -0.05) is 30.3 Å². The number of hydrogen-bond donors (Lipinski definition) is 3. The van der Waals surface area contributed by atoms with Gasteiger partial charge in [-0.2, -0.15) is 4.98 Å². The number of piperidine rings is 1. The summed E-state index contributed by atoms with van der Waals surface area (Å²) in [6.07, 6.45) is 3.37. The van der Waals surface area contributed by atoms with Crippen molar-refractivity contribution in [2.75, 3.05) is 29.1 Å². The molecule has 10 nitrogen and oxygen atoms in total. The van der Waals surface area contributed by atoms with Crippen LogP contribution in [0.1, 0.15) is 36.0 Å². The lowest BCUT2D eigenvalue weighted by atomic mass is 10.0. The number of hydrazine groups is 1. The van der Waals surface area contributed by atoms with Gasteiger partial charge in [-0.3, -0.25) is 14.9 Å². The molecule has 0 unspecified atom stereocenters. The standard InChI is InChI=1S/C28H30N8O2/c29-22-4-1-2-5-24(22)35(30)21-14-16-34(17-15-21)27(38)20-12-8-18(9-13-20)23-6-3-7-25-31-28(33-36(23)25)32-26(37)19-10-11-19/h1-9,12-13,19,21H,10-11,14-17,29-30H2,(H,32,33,37). The Morgan fingerprint density at radius 3 is 2.37 bits per heavy atom. The SMILES string of the molecule is Nc1ccccc1N(N)C1CCN(C(=O)c2ccc(-c3cccc4nc(NC(=O)C5CC5)nn34)cc2)CC1. The number of hydrogen-bond acceptors (Lipinski definition) is 7. The highest BCUT2D eigenvalue weighted by Gasteiger charge is 2.30. The second-order valence-electron chi connectivity index (χ2n) is 9.95. The molecule has 4 aromatic rings. The minimum Gasteiger partial charge on any atom is -0.397 e. The molecule has 2 aliphatic rings. The van der Waals surface area contributed by atoms with Crippen molar-refractivity contribution < 1.29 is 9.59 Å². The molecule has 2 aromatic carbocycles. The van der Waals surface area contributed by atoms with Crippen molar-refractivity contribution in [1.29, 1.82) is 0 Å². The monoisotopic (exact) mass is 510 g/mol. The number of anilines is 3. The molecule has 1 saturated carbocycles. The normalized spacial score (nSPS) is 16.0. The van der Waals surface area contributed by atoms with Gasteiger partial charge < -0.3 is 15.6 Å². The topological polar surface area (TPSA) is 135 Å². The molecule has 194 valence electrons. The van der Waals surface area contributed by atoms with E-state index < -0.39 is 0 Å². The van der Waals surface area contributed by atoms with Crippen LogP contribution >= 0.6 is 0 Å². The van der Waals surface area contributed by atoms with Gasteiger partial charge in [-0.25, -0.2) is 10.4 Å². The Balaban J connectivity index is 1.13. The van der Waals surface area contributed by atoms with Gasteiger partial charge in [0.05, 0.1) is 17.1 Å². The first-order valence-electron chi connectivity index (χ1n) is 12.9. The van der Waals surface area contributed by atoms with Crippen molar-refractivity contribution in [3.63, 3.8) is 0 Å². The number of nitrogens with one attached hydrogen (secondary N) is 1. The van der Waals surface area contributed by atoms with E-state index >= 15 is 0 Å². The molecule has 6 rings (SSSR count). The molecule has 1 aliphatic carbocycles. The average Bonchev–Trinajstić information content (AvgIpc) is 3.72. The zero-order valence-electron chi connectivity index (χ0n) is 21.0. The molecule has 2 aromatic heterocycles. The highest BCUT2D eigenvalue weighted by molar-refractivity contribution is 5.95. The van der Waals surface area contributed by atoms with E-state index in [1.165, 1.54) is 0 Å². The number of likely N-dealkylation sites (tertiary alicyclic amines) is 1. The number of nitrogens with zero attached hydrogens (tertiary/aromatic N) is 5. The maximum atomic E-state index is 13.2. The van der Waals surface area contributed by atoms with Crippen molar-refractivity contribution >= 4 is 34.8 Å². The Morgan fingerprint density at radius 1 is 0.921 bits per heavy atom. The Kier molecular flexibility index (Phi) is 6.16. The lowest BCUT2D eigenvalue weighted by molar-refractivity contribution is -0.117.